The minimum Gasteiger partial charge on any atom is -0.497 e. The minimum atomic E-state index is -0.191. The highest BCUT2D eigenvalue weighted by Crippen LogP contribution is 2.19. The highest BCUT2D eigenvalue weighted by atomic mass is 16.5. The standard InChI is InChI=1S/C22H25N3O3/c1-5-24(14-16-10-12-17(28-4)13-11-16)22(27)20-18-8-6-7-9-19(18)21(26)25(23-20)15(2)3/h6-13,15H,5,14H2,1-4H3. The number of hydrogen-bond acceptors (Lipinski definition) is 4. The first-order chi connectivity index (χ1) is 13.5. The van der Waals surface area contributed by atoms with Gasteiger partial charge < -0.3 is 9.64 Å². The summed E-state index contributed by atoms with van der Waals surface area (Å²) in [4.78, 5) is 27.8. The third-order valence-electron chi connectivity index (χ3n) is 4.72. The Hall–Kier alpha value is -3.15. The largest absolute Gasteiger partial charge is 0.497 e. The molecule has 0 fully saturated rings. The maximum Gasteiger partial charge on any atom is 0.275 e. The molecule has 1 heterocycles. The SMILES string of the molecule is CCN(Cc1ccc(OC)cc1)C(=O)c1nn(C(C)C)c(=O)c2ccccc12. The van der Waals surface area contributed by atoms with Crippen molar-refractivity contribution in [1.82, 2.24) is 14.7 Å². The summed E-state index contributed by atoms with van der Waals surface area (Å²) >= 11 is 0. The third kappa shape index (κ3) is 3.76. The van der Waals surface area contributed by atoms with Crippen molar-refractivity contribution in [2.24, 2.45) is 0 Å². The Labute approximate surface area is 164 Å². The molecule has 146 valence electrons. The van der Waals surface area contributed by atoms with E-state index < -0.39 is 0 Å². The molecule has 6 nitrogen and oxygen atoms in total. The number of rotatable bonds is 6. The molecule has 3 aromatic rings. The number of methoxy groups -OCH3 is 1. The van der Waals surface area contributed by atoms with E-state index in [9.17, 15) is 9.59 Å². The number of aromatic nitrogens is 2. The zero-order chi connectivity index (χ0) is 20.3. The van der Waals surface area contributed by atoms with Gasteiger partial charge in [0.15, 0.2) is 5.69 Å². The summed E-state index contributed by atoms with van der Waals surface area (Å²) < 4.78 is 6.58. The summed E-state index contributed by atoms with van der Waals surface area (Å²) in [7, 11) is 1.62. The molecular formula is C22H25N3O3. The van der Waals surface area contributed by atoms with Gasteiger partial charge in [-0.15, -0.1) is 0 Å². The van der Waals surface area contributed by atoms with E-state index in [0.717, 1.165) is 11.3 Å². The number of fused-ring (bicyclic) bond motifs is 1. The fourth-order valence-electron chi connectivity index (χ4n) is 3.14. The minimum absolute atomic E-state index is 0.139. The van der Waals surface area contributed by atoms with Gasteiger partial charge >= 0.3 is 0 Å². The maximum absolute atomic E-state index is 13.3. The van der Waals surface area contributed by atoms with Gasteiger partial charge in [-0.3, -0.25) is 9.59 Å². The Balaban J connectivity index is 2.02. The van der Waals surface area contributed by atoms with Crippen LogP contribution in [0.25, 0.3) is 10.8 Å². The predicted octanol–water partition coefficient (Wildman–Crippen LogP) is 3.65. The molecule has 0 saturated heterocycles. The Bertz CT molecular complexity index is 1040. The van der Waals surface area contributed by atoms with Crippen molar-refractivity contribution in [2.45, 2.75) is 33.4 Å². The molecule has 0 bridgehead atoms. The fourth-order valence-corrected chi connectivity index (χ4v) is 3.14. The summed E-state index contributed by atoms with van der Waals surface area (Å²) in [6, 6.07) is 14.6. The second-order valence-corrected chi connectivity index (χ2v) is 6.91. The maximum atomic E-state index is 13.3. The van der Waals surface area contributed by atoms with Crippen LogP contribution < -0.4 is 10.3 Å². The number of nitrogens with zero attached hydrogens (tertiary/aromatic N) is 3. The van der Waals surface area contributed by atoms with E-state index in [2.05, 4.69) is 5.10 Å². The van der Waals surface area contributed by atoms with Gasteiger partial charge in [-0.05, 0) is 44.5 Å². The van der Waals surface area contributed by atoms with Crippen molar-refractivity contribution < 1.29 is 9.53 Å². The molecule has 0 spiro atoms. The lowest BCUT2D eigenvalue weighted by molar-refractivity contribution is 0.0746. The van der Waals surface area contributed by atoms with Crippen LogP contribution in [0.3, 0.4) is 0 Å². The number of benzene rings is 2. The Morgan fingerprint density at radius 3 is 2.32 bits per heavy atom. The van der Waals surface area contributed by atoms with Gasteiger partial charge in [-0.1, -0.05) is 30.3 Å². The molecule has 1 aromatic heterocycles. The van der Waals surface area contributed by atoms with Gasteiger partial charge in [0.1, 0.15) is 5.75 Å². The van der Waals surface area contributed by atoms with Crippen LogP contribution in [0.2, 0.25) is 0 Å². The van der Waals surface area contributed by atoms with E-state index in [1.165, 1.54) is 4.68 Å². The van der Waals surface area contributed by atoms with Gasteiger partial charge in [-0.25, -0.2) is 4.68 Å². The van der Waals surface area contributed by atoms with E-state index in [-0.39, 0.29) is 17.5 Å². The number of carbonyl (C=O) groups excluding carboxylic acids is 1. The summed E-state index contributed by atoms with van der Waals surface area (Å²) in [5.74, 6) is 0.582. The van der Waals surface area contributed by atoms with Crippen LogP contribution in [0.5, 0.6) is 5.75 Å². The molecule has 0 aliphatic carbocycles. The van der Waals surface area contributed by atoms with Gasteiger partial charge in [-0.2, -0.15) is 5.10 Å². The zero-order valence-corrected chi connectivity index (χ0v) is 16.7. The number of carbonyl (C=O) groups is 1. The molecule has 28 heavy (non-hydrogen) atoms. The average molecular weight is 379 g/mol. The van der Waals surface area contributed by atoms with E-state index in [1.54, 1.807) is 30.2 Å². The second-order valence-electron chi connectivity index (χ2n) is 6.91. The number of hydrogen-bond donors (Lipinski definition) is 0. The number of amides is 1. The molecule has 0 radical (unpaired) electrons. The summed E-state index contributed by atoms with van der Waals surface area (Å²) in [6.45, 7) is 6.68. The Morgan fingerprint density at radius 1 is 1.11 bits per heavy atom. The Kier molecular flexibility index (Phi) is 5.78. The molecule has 3 rings (SSSR count). The molecular weight excluding hydrogens is 354 g/mol. The monoisotopic (exact) mass is 379 g/mol. The van der Waals surface area contributed by atoms with E-state index >= 15 is 0 Å². The van der Waals surface area contributed by atoms with Crippen molar-refractivity contribution in [3.8, 4) is 5.75 Å². The van der Waals surface area contributed by atoms with Crippen molar-refractivity contribution in [3.63, 3.8) is 0 Å². The van der Waals surface area contributed by atoms with Gasteiger partial charge in [0.2, 0.25) is 0 Å². The molecule has 0 aliphatic heterocycles. The van der Waals surface area contributed by atoms with Crippen LogP contribution >= 0.6 is 0 Å². The highest BCUT2D eigenvalue weighted by Gasteiger charge is 2.22. The lowest BCUT2D eigenvalue weighted by Gasteiger charge is -2.22. The first-order valence-corrected chi connectivity index (χ1v) is 9.40. The lowest BCUT2D eigenvalue weighted by atomic mass is 10.1. The first-order valence-electron chi connectivity index (χ1n) is 9.40. The molecule has 0 N–H and O–H groups in total. The molecule has 0 aliphatic rings. The third-order valence-corrected chi connectivity index (χ3v) is 4.72. The van der Waals surface area contributed by atoms with Crippen LogP contribution in [-0.2, 0) is 6.54 Å². The molecule has 1 amide bonds. The quantitative estimate of drug-likeness (QED) is 0.656. The van der Waals surface area contributed by atoms with Gasteiger partial charge in [0.25, 0.3) is 11.5 Å². The summed E-state index contributed by atoms with van der Waals surface area (Å²) in [6.07, 6.45) is 0. The fraction of sp³-hybridized carbons (Fsp3) is 0.318. The van der Waals surface area contributed by atoms with Crippen LogP contribution in [0.4, 0.5) is 0 Å². The van der Waals surface area contributed by atoms with Crippen LogP contribution in [0, 0.1) is 0 Å². The van der Waals surface area contributed by atoms with Crippen LogP contribution in [-0.4, -0.2) is 34.2 Å². The lowest BCUT2D eigenvalue weighted by Crippen LogP contribution is -2.34. The molecule has 2 aromatic carbocycles. The van der Waals surface area contributed by atoms with Crippen molar-refractivity contribution >= 4 is 16.7 Å². The second kappa shape index (κ2) is 8.25. The predicted molar refractivity (Wildman–Crippen MR) is 110 cm³/mol. The molecule has 0 unspecified atom stereocenters. The molecule has 0 saturated carbocycles. The highest BCUT2D eigenvalue weighted by molar-refractivity contribution is 6.04. The van der Waals surface area contributed by atoms with Crippen molar-refractivity contribution in [3.05, 3.63) is 70.1 Å². The van der Waals surface area contributed by atoms with Gasteiger partial charge in [0, 0.05) is 18.5 Å². The van der Waals surface area contributed by atoms with Gasteiger partial charge in [0.05, 0.1) is 18.5 Å². The van der Waals surface area contributed by atoms with E-state index in [1.807, 2.05) is 51.1 Å². The average Bonchev–Trinajstić information content (AvgIpc) is 2.72. The summed E-state index contributed by atoms with van der Waals surface area (Å²) in [5, 5.41) is 5.53. The topological polar surface area (TPSA) is 64.4 Å². The van der Waals surface area contributed by atoms with E-state index in [4.69, 9.17) is 4.74 Å². The van der Waals surface area contributed by atoms with Crippen LogP contribution in [0.1, 0.15) is 42.9 Å². The normalized spacial score (nSPS) is 11.0. The Morgan fingerprint density at radius 2 is 1.75 bits per heavy atom. The smallest absolute Gasteiger partial charge is 0.275 e. The molecule has 6 heteroatoms. The zero-order valence-electron chi connectivity index (χ0n) is 16.7. The van der Waals surface area contributed by atoms with E-state index in [0.29, 0.717) is 29.6 Å². The van der Waals surface area contributed by atoms with Crippen LogP contribution in [0.15, 0.2) is 53.3 Å². The molecule has 0 atom stereocenters. The van der Waals surface area contributed by atoms with Crippen molar-refractivity contribution in [2.75, 3.05) is 13.7 Å². The first kappa shape index (κ1) is 19.6. The number of ether oxygens (including phenoxy) is 1. The van der Waals surface area contributed by atoms with Crippen molar-refractivity contribution in [1.29, 1.82) is 0 Å². The summed E-state index contributed by atoms with van der Waals surface area (Å²) in [5.41, 5.74) is 1.12.